The molecule has 1 aliphatic heterocycles. The summed E-state index contributed by atoms with van der Waals surface area (Å²) in [5, 5.41) is 3.55. The van der Waals surface area contributed by atoms with Crippen LogP contribution in [0.15, 0.2) is 18.3 Å². The maximum atomic E-state index is 3.55. The fourth-order valence-electron chi connectivity index (χ4n) is 2.69. The fraction of sp³-hybridized carbons (Fsp3) is 0.692. The number of likely N-dealkylation sites (tertiary alicyclic amines) is 1. The van der Waals surface area contributed by atoms with E-state index < -0.39 is 0 Å². The van der Waals surface area contributed by atoms with Crippen molar-refractivity contribution in [2.75, 3.05) is 19.6 Å². The summed E-state index contributed by atoms with van der Waals surface area (Å²) >= 11 is 0. The van der Waals surface area contributed by atoms with E-state index in [9.17, 15) is 0 Å². The molecule has 3 rings (SSSR count). The number of H-pyrrole nitrogens is 1. The lowest BCUT2D eigenvalue weighted by Crippen LogP contribution is -2.27. The second-order valence-corrected chi connectivity index (χ2v) is 5.21. The number of nitrogens with zero attached hydrogens (tertiary/aromatic N) is 1. The molecule has 1 atom stereocenters. The topological polar surface area (TPSA) is 31.1 Å². The highest BCUT2D eigenvalue weighted by molar-refractivity contribution is 5.03. The van der Waals surface area contributed by atoms with Crippen molar-refractivity contribution in [1.29, 1.82) is 0 Å². The predicted molar refractivity (Wildman–Crippen MR) is 65.2 cm³/mol. The molecule has 0 bridgehead atoms. The van der Waals surface area contributed by atoms with E-state index in [1.807, 2.05) is 6.20 Å². The van der Waals surface area contributed by atoms with Gasteiger partial charge in [0.2, 0.25) is 0 Å². The SMILES string of the molecule is c1c[nH]c(CNCC2CCN(C3CC3)C2)c1. The summed E-state index contributed by atoms with van der Waals surface area (Å²) < 4.78 is 0. The van der Waals surface area contributed by atoms with Gasteiger partial charge in [-0.2, -0.15) is 0 Å². The summed E-state index contributed by atoms with van der Waals surface area (Å²) in [7, 11) is 0. The molecule has 3 heteroatoms. The van der Waals surface area contributed by atoms with E-state index in [1.54, 1.807) is 0 Å². The van der Waals surface area contributed by atoms with Gasteiger partial charge >= 0.3 is 0 Å². The van der Waals surface area contributed by atoms with Crippen molar-refractivity contribution in [3.05, 3.63) is 24.0 Å². The molecule has 0 spiro atoms. The minimum absolute atomic E-state index is 0.871. The molecule has 2 heterocycles. The van der Waals surface area contributed by atoms with Crippen molar-refractivity contribution in [2.45, 2.75) is 31.8 Å². The average Bonchev–Trinajstić information content (AvgIpc) is 2.83. The van der Waals surface area contributed by atoms with Crippen LogP contribution in [-0.2, 0) is 6.54 Å². The molecule has 2 fully saturated rings. The molecular formula is C13H21N3. The van der Waals surface area contributed by atoms with Crippen molar-refractivity contribution in [3.8, 4) is 0 Å². The normalized spacial score (nSPS) is 26.4. The Balaban J connectivity index is 1.36. The molecule has 2 aliphatic rings. The lowest BCUT2D eigenvalue weighted by atomic mass is 10.1. The molecule has 1 aromatic heterocycles. The van der Waals surface area contributed by atoms with Crippen LogP contribution in [0.2, 0.25) is 0 Å². The molecule has 3 nitrogen and oxygen atoms in total. The molecule has 1 aromatic rings. The second kappa shape index (κ2) is 4.60. The molecule has 0 amide bonds. The van der Waals surface area contributed by atoms with Crippen LogP contribution in [-0.4, -0.2) is 35.6 Å². The highest BCUT2D eigenvalue weighted by Gasteiger charge is 2.33. The smallest absolute Gasteiger partial charge is 0.0357 e. The van der Waals surface area contributed by atoms with E-state index in [-0.39, 0.29) is 0 Å². The summed E-state index contributed by atoms with van der Waals surface area (Å²) in [6.45, 7) is 4.80. The van der Waals surface area contributed by atoms with Gasteiger partial charge in [-0.15, -0.1) is 0 Å². The highest BCUT2D eigenvalue weighted by atomic mass is 15.2. The number of aromatic amines is 1. The molecule has 0 aromatic carbocycles. The Bertz CT molecular complexity index is 316. The van der Waals surface area contributed by atoms with E-state index in [0.29, 0.717) is 0 Å². The summed E-state index contributed by atoms with van der Waals surface area (Å²) in [4.78, 5) is 5.91. The van der Waals surface area contributed by atoms with E-state index in [4.69, 9.17) is 0 Å². The Morgan fingerprint density at radius 3 is 3.06 bits per heavy atom. The van der Waals surface area contributed by atoms with E-state index in [1.165, 1.54) is 44.6 Å². The maximum absolute atomic E-state index is 3.55. The summed E-state index contributed by atoms with van der Waals surface area (Å²) in [6, 6.07) is 5.15. The zero-order valence-electron chi connectivity index (χ0n) is 9.78. The largest absolute Gasteiger partial charge is 0.364 e. The van der Waals surface area contributed by atoms with Gasteiger partial charge in [0.15, 0.2) is 0 Å². The third kappa shape index (κ3) is 2.47. The molecule has 88 valence electrons. The molecule has 2 N–H and O–H groups in total. The van der Waals surface area contributed by atoms with Crippen molar-refractivity contribution in [3.63, 3.8) is 0 Å². The van der Waals surface area contributed by atoms with Crippen LogP contribution in [0.4, 0.5) is 0 Å². The number of rotatable bonds is 5. The minimum Gasteiger partial charge on any atom is -0.364 e. The molecule has 0 radical (unpaired) electrons. The van der Waals surface area contributed by atoms with Crippen LogP contribution in [0, 0.1) is 5.92 Å². The van der Waals surface area contributed by atoms with Gasteiger partial charge in [-0.25, -0.2) is 0 Å². The van der Waals surface area contributed by atoms with Gasteiger partial charge in [0.05, 0.1) is 0 Å². The first kappa shape index (κ1) is 10.4. The van der Waals surface area contributed by atoms with Crippen molar-refractivity contribution in [1.82, 2.24) is 15.2 Å². The van der Waals surface area contributed by atoms with E-state index in [2.05, 4.69) is 27.3 Å². The highest BCUT2D eigenvalue weighted by Crippen LogP contribution is 2.31. The van der Waals surface area contributed by atoms with Crippen LogP contribution in [0.3, 0.4) is 0 Å². The first-order valence-corrected chi connectivity index (χ1v) is 6.49. The van der Waals surface area contributed by atoms with Crippen LogP contribution < -0.4 is 5.32 Å². The molecule has 1 aliphatic carbocycles. The van der Waals surface area contributed by atoms with Gasteiger partial charge < -0.3 is 15.2 Å². The Labute approximate surface area is 97.2 Å². The van der Waals surface area contributed by atoms with Gasteiger partial charge in [-0.05, 0) is 50.4 Å². The predicted octanol–water partition coefficient (Wildman–Crippen LogP) is 1.59. The first-order chi connectivity index (χ1) is 7.92. The Morgan fingerprint density at radius 1 is 1.38 bits per heavy atom. The first-order valence-electron chi connectivity index (χ1n) is 6.49. The van der Waals surface area contributed by atoms with Crippen molar-refractivity contribution >= 4 is 0 Å². The van der Waals surface area contributed by atoms with E-state index in [0.717, 1.165) is 18.5 Å². The van der Waals surface area contributed by atoms with Crippen LogP contribution >= 0.6 is 0 Å². The lowest BCUT2D eigenvalue weighted by molar-refractivity contribution is 0.311. The molecule has 1 saturated heterocycles. The van der Waals surface area contributed by atoms with Gasteiger partial charge in [-0.1, -0.05) is 0 Å². The number of nitrogens with one attached hydrogen (secondary N) is 2. The van der Waals surface area contributed by atoms with Gasteiger partial charge in [0, 0.05) is 31.0 Å². The quantitative estimate of drug-likeness (QED) is 0.788. The standard InChI is InChI=1S/C13H21N3/c1-2-12(15-6-1)9-14-8-11-5-7-16(10-11)13-3-4-13/h1-2,6,11,13-15H,3-5,7-10H2. The fourth-order valence-corrected chi connectivity index (χ4v) is 2.69. The molecular weight excluding hydrogens is 198 g/mol. The monoisotopic (exact) mass is 219 g/mol. The summed E-state index contributed by atoms with van der Waals surface area (Å²) in [5.74, 6) is 0.871. The molecule has 16 heavy (non-hydrogen) atoms. The zero-order chi connectivity index (χ0) is 10.8. The number of hydrogen-bond acceptors (Lipinski definition) is 2. The number of hydrogen-bond donors (Lipinski definition) is 2. The summed E-state index contributed by atoms with van der Waals surface area (Å²) in [5.41, 5.74) is 1.29. The second-order valence-electron chi connectivity index (χ2n) is 5.21. The molecule has 1 unspecified atom stereocenters. The Kier molecular flexibility index (Phi) is 2.98. The lowest BCUT2D eigenvalue weighted by Gasteiger charge is -2.14. The number of aromatic nitrogens is 1. The Hall–Kier alpha value is -0.800. The minimum atomic E-state index is 0.871. The van der Waals surface area contributed by atoms with Crippen LogP contribution in [0.5, 0.6) is 0 Å². The molecule has 1 saturated carbocycles. The van der Waals surface area contributed by atoms with E-state index >= 15 is 0 Å². The maximum Gasteiger partial charge on any atom is 0.0357 e. The van der Waals surface area contributed by atoms with Gasteiger partial charge in [0.1, 0.15) is 0 Å². The zero-order valence-corrected chi connectivity index (χ0v) is 9.78. The van der Waals surface area contributed by atoms with Gasteiger partial charge in [0.25, 0.3) is 0 Å². The summed E-state index contributed by atoms with van der Waals surface area (Å²) in [6.07, 6.45) is 6.26. The third-order valence-corrected chi connectivity index (χ3v) is 3.79. The van der Waals surface area contributed by atoms with Crippen molar-refractivity contribution in [2.24, 2.45) is 5.92 Å². The third-order valence-electron chi connectivity index (χ3n) is 3.79. The van der Waals surface area contributed by atoms with Gasteiger partial charge in [-0.3, -0.25) is 0 Å². The van der Waals surface area contributed by atoms with Crippen molar-refractivity contribution < 1.29 is 0 Å². The average molecular weight is 219 g/mol. The van der Waals surface area contributed by atoms with Crippen LogP contribution in [0.1, 0.15) is 25.0 Å². The Morgan fingerprint density at radius 2 is 2.31 bits per heavy atom. The van der Waals surface area contributed by atoms with Crippen LogP contribution in [0.25, 0.3) is 0 Å².